The maximum absolute atomic E-state index is 13.0. The molecule has 4 aromatic rings. The Labute approximate surface area is 180 Å². The molecule has 1 heterocycles. The molecular formula is C26H24O5. The standard InChI is InChI=1S/C26H24O5/c1-16-8-9-17(2)19(12-16)15-29-21-10-11-23-24(14-21)30-18(3)26(25(23)27)31-22-7-5-6-20(13-22)28-4/h5-14H,15H2,1-4H3. The summed E-state index contributed by atoms with van der Waals surface area (Å²) in [6, 6.07) is 18.6. The minimum absolute atomic E-state index is 0.157. The van der Waals surface area contributed by atoms with Gasteiger partial charge in [-0.1, -0.05) is 29.8 Å². The Balaban J connectivity index is 1.61. The van der Waals surface area contributed by atoms with Gasteiger partial charge >= 0.3 is 0 Å². The van der Waals surface area contributed by atoms with E-state index in [0.29, 0.717) is 40.6 Å². The van der Waals surface area contributed by atoms with Crippen molar-refractivity contribution in [2.24, 2.45) is 0 Å². The van der Waals surface area contributed by atoms with Crippen LogP contribution in [0.4, 0.5) is 0 Å². The number of benzene rings is 3. The third kappa shape index (κ3) is 4.40. The van der Waals surface area contributed by atoms with E-state index in [-0.39, 0.29) is 11.2 Å². The van der Waals surface area contributed by atoms with E-state index in [0.717, 1.165) is 5.56 Å². The molecule has 1 aromatic heterocycles. The largest absolute Gasteiger partial charge is 0.497 e. The smallest absolute Gasteiger partial charge is 0.235 e. The summed E-state index contributed by atoms with van der Waals surface area (Å²) >= 11 is 0. The molecule has 0 amide bonds. The zero-order chi connectivity index (χ0) is 22.0. The highest BCUT2D eigenvalue weighted by molar-refractivity contribution is 5.79. The van der Waals surface area contributed by atoms with Crippen molar-refractivity contribution in [1.29, 1.82) is 0 Å². The first-order chi connectivity index (χ1) is 14.9. The van der Waals surface area contributed by atoms with Crippen LogP contribution in [-0.4, -0.2) is 7.11 Å². The van der Waals surface area contributed by atoms with Crippen LogP contribution in [0.3, 0.4) is 0 Å². The Morgan fingerprint density at radius 2 is 1.68 bits per heavy atom. The Bertz CT molecular complexity index is 1300. The second kappa shape index (κ2) is 8.56. The third-order valence-electron chi connectivity index (χ3n) is 5.15. The topological polar surface area (TPSA) is 57.9 Å². The highest BCUT2D eigenvalue weighted by atomic mass is 16.5. The van der Waals surface area contributed by atoms with Crippen LogP contribution in [0, 0.1) is 20.8 Å². The predicted molar refractivity (Wildman–Crippen MR) is 121 cm³/mol. The molecule has 0 aliphatic rings. The van der Waals surface area contributed by atoms with Crippen LogP contribution in [0.15, 0.2) is 69.9 Å². The number of aryl methyl sites for hydroxylation is 3. The monoisotopic (exact) mass is 416 g/mol. The zero-order valence-corrected chi connectivity index (χ0v) is 18.0. The molecule has 31 heavy (non-hydrogen) atoms. The lowest BCUT2D eigenvalue weighted by Gasteiger charge is -2.12. The van der Waals surface area contributed by atoms with Gasteiger partial charge in [0.05, 0.1) is 12.5 Å². The normalized spacial score (nSPS) is 10.8. The summed E-state index contributed by atoms with van der Waals surface area (Å²) < 4.78 is 22.9. The van der Waals surface area contributed by atoms with Crippen LogP contribution in [0.2, 0.25) is 0 Å². The fourth-order valence-corrected chi connectivity index (χ4v) is 3.38. The Kier molecular flexibility index (Phi) is 5.67. The van der Waals surface area contributed by atoms with Crippen LogP contribution in [0.25, 0.3) is 11.0 Å². The average Bonchev–Trinajstić information content (AvgIpc) is 2.77. The molecule has 0 N–H and O–H groups in total. The number of rotatable bonds is 6. The van der Waals surface area contributed by atoms with Gasteiger partial charge in [-0.2, -0.15) is 0 Å². The molecule has 0 bridgehead atoms. The summed E-state index contributed by atoms with van der Waals surface area (Å²) in [6.07, 6.45) is 0. The molecule has 0 atom stereocenters. The van der Waals surface area contributed by atoms with E-state index in [9.17, 15) is 4.79 Å². The Morgan fingerprint density at radius 3 is 2.48 bits per heavy atom. The molecule has 0 aliphatic carbocycles. The molecule has 5 heteroatoms. The van der Waals surface area contributed by atoms with E-state index in [1.54, 1.807) is 50.4 Å². The highest BCUT2D eigenvalue weighted by Crippen LogP contribution is 2.29. The Morgan fingerprint density at radius 1 is 0.871 bits per heavy atom. The van der Waals surface area contributed by atoms with Gasteiger partial charge < -0.3 is 18.6 Å². The van der Waals surface area contributed by atoms with Crippen LogP contribution in [0.5, 0.6) is 23.0 Å². The molecule has 0 saturated carbocycles. The second-order valence-electron chi connectivity index (χ2n) is 7.47. The van der Waals surface area contributed by atoms with Gasteiger partial charge in [0.2, 0.25) is 11.2 Å². The fraction of sp³-hybridized carbons (Fsp3) is 0.192. The summed E-state index contributed by atoms with van der Waals surface area (Å²) in [5.74, 6) is 2.34. The maximum atomic E-state index is 13.0. The van der Waals surface area contributed by atoms with E-state index in [1.165, 1.54) is 11.1 Å². The van der Waals surface area contributed by atoms with Crippen LogP contribution >= 0.6 is 0 Å². The first-order valence-electron chi connectivity index (χ1n) is 10.0. The van der Waals surface area contributed by atoms with Gasteiger partial charge in [0.1, 0.15) is 35.2 Å². The first-order valence-corrected chi connectivity index (χ1v) is 10.0. The molecular weight excluding hydrogens is 392 g/mol. The van der Waals surface area contributed by atoms with E-state index >= 15 is 0 Å². The summed E-state index contributed by atoms with van der Waals surface area (Å²) in [5, 5.41) is 0.433. The first kappa shape index (κ1) is 20.5. The molecule has 4 rings (SSSR count). The van der Waals surface area contributed by atoms with E-state index in [4.69, 9.17) is 18.6 Å². The number of fused-ring (bicyclic) bond motifs is 1. The minimum Gasteiger partial charge on any atom is -0.497 e. The average molecular weight is 416 g/mol. The number of hydrogen-bond acceptors (Lipinski definition) is 5. The molecule has 0 saturated heterocycles. The minimum atomic E-state index is -0.234. The van der Waals surface area contributed by atoms with Gasteiger partial charge in [0.15, 0.2) is 0 Å². The SMILES string of the molecule is COc1cccc(Oc2c(C)oc3cc(OCc4cc(C)ccc4C)ccc3c2=O)c1. The quantitative estimate of drug-likeness (QED) is 0.380. The zero-order valence-electron chi connectivity index (χ0n) is 18.0. The molecule has 0 unspecified atom stereocenters. The van der Waals surface area contributed by atoms with E-state index in [1.807, 2.05) is 6.07 Å². The maximum Gasteiger partial charge on any atom is 0.235 e. The fourth-order valence-electron chi connectivity index (χ4n) is 3.38. The van der Waals surface area contributed by atoms with Crippen LogP contribution < -0.4 is 19.6 Å². The molecule has 0 aliphatic heterocycles. The summed E-state index contributed by atoms with van der Waals surface area (Å²) in [6.45, 7) is 6.27. The van der Waals surface area contributed by atoms with Crippen molar-refractivity contribution in [3.63, 3.8) is 0 Å². The van der Waals surface area contributed by atoms with Crippen molar-refractivity contribution < 1.29 is 18.6 Å². The molecule has 0 fully saturated rings. The highest BCUT2D eigenvalue weighted by Gasteiger charge is 2.15. The third-order valence-corrected chi connectivity index (χ3v) is 5.15. The van der Waals surface area contributed by atoms with Gasteiger partial charge in [0, 0.05) is 12.1 Å². The van der Waals surface area contributed by atoms with Crippen LogP contribution in [0.1, 0.15) is 22.5 Å². The summed E-state index contributed by atoms with van der Waals surface area (Å²) in [7, 11) is 1.58. The van der Waals surface area contributed by atoms with Crippen molar-refractivity contribution >= 4 is 11.0 Å². The van der Waals surface area contributed by atoms with Gasteiger partial charge in [-0.15, -0.1) is 0 Å². The number of methoxy groups -OCH3 is 1. The predicted octanol–water partition coefficient (Wildman–Crippen LogP) is 6.10. The van der Waals surface area contributed by atoms with Crippen LogP contribution in [-0.2, 0) is 6.61 Å². The van der Waals surface area contributed by atoms with E-state index in [2.05, 4.69) is 32.0 Å². The second-order valence-corrected chi connectivity index (χ2v) is 7.47. The van der Waals surface area contributed by atoms with Gasteiger partial charge in [-0.3, -0.25) is 4.79 Å². The Hall–Kier alpha value is -3.73. The molecule has 158 valence electrons. The molecule has 0 spiro atoms. The summed E-state index contributed by atoms with van der Waals surface area (Å²) in [5.41, 5.74) is 3.71. The summed E-state index contributed by atoms with van der Waals surface area (Å²) in [4.78, 5) is 13.0. The molecule has 3 aromatic carbocycles. The number of hydrogen-bond donors (Lipinski definition) is 0. The van der Waals surface area contributed by atoms with Crippen molar-refractivity contribution in [3.05, 3.63) is 93.3 Å². The number of ether oxygens (including phenoxy) is 3. The lowest BCUT2D eigenvalue weighted by atomic mass is 10.1. The van der Waals surface area contributed by atoms with Crippen molar-refractivity contribution in [3.8, 4) is 23.0 Å². The van der Waals surface area contributed by atoms with Gasteiger partial charge in [-0.25, -0.2) is 0 Å². The van der Waals surface area contributed by atoms with E-state index < -0.39 is 0 Å². The lowest BCUT2D eigenvalue weighted by molar-refractivity contribution is 0.305. The molecule has 5 nitrogen and oxygen atoms in total. The lowest BCUT2D eigenvalue weighted by Crippen LogP contribution is -2.07. The van der Waals surface area contributed by atoms with Gasteiger partial charge in [0.25, 0.3) is 0 Å². The van der Waals surface area contributed by atoms with Crippen molar-refractivity contribution in [1.82, 2.24) is 0 Å². The van der Waals surface area contributed by atoms with Crippen molar-refractivity contribution in [2.75, 3.05) is 7.11 Å². The van der Waals surface area contributed by atoms with Gasteiger partial charge in [-0.05, 0) is 56.2 Å². The molecule has 0 radical (unpaired) electrons. The van der Waals surface area contributed by atoms with Crippen molar-refractivity contribution in [2.45, 2.75) is 27.4 Å².